The lowest BCUT2D eigenvalue weighted by atomic mass is 10.1. The monoisotopic (exact) mass is 326 g/mol. The molecule has 1 unspecified atom stereocenters. The van der Waals surface area contributed by atoms with Crippen LogP contribution in [0.2, 0.25) is 0 Å². The maximum atomic E-state index is 13.0. The van der Waals surface area contributed by atoms with E-state index in [1.165, 1.54) is 4.70 Å². The zero-order chi connectivity index (χ0) is 15.8. The molecule has 1 saturated heterocycles. The average Bonchev–Trinajstić information content (AvgIpc) is 3.22. The standard InChI is InChI=1S/C17H18N4OS/c1-20-7-6-19-16(20)14-11-18-5-8-21(14)17(22)13-2-3-15-12(10-13)4-9-23-15/h2-4,6-7,9-10,14,18H,5,8,11H2,1H3. The minimum absolute atomic E-state index is 0.0329. The topological polar surface area (TPSA) is 50.2 Å². The molecule has 1 aromatic carbocycles. The SMILES string of the molecule is Cn1ccnc1C1CNCCN1C(=O)c1ccc2sccc2c1. The largest absolute Gasteiger partial charge is 0.336 e. The van der Waals surface area contributed by atoms with E-state index in [1.807, 2.05) is 40.9 Å². The summed E-state index contributed by atoms with van der Waals surface area (Å²) in [5, 5.41) is 6.55. The molecule has 4 rings (SSSR count). The summed E-state index contributed by atoms with van der Waals surface area (Å²) in [5.74, 6) is 0.995. The number of aromatic nitrogens is 2. The van der Waals surface area contributed by atoms with E-state index < -0.39 is 0 Å². The van der Waals surface area contributed by atoms with Crippen LogP contribution in [0, 0.1) is 0 Å². The van der Waals surface area contributed by atoms with Gasteiger partial charge in [-0.25, -0.2) is 4.98 Å². The molecule has 6 heteroatoms. The number of nitrogens with one attached hydrogen (secondary N) is 1. The molecule has 5 nitrogen and oxygen atoms in total. The molecule has 1 fully saturated rings. The zero-order valence-electron chi connectivity index (χ0n) is 12.9. The molecule has 1 aliphatic heterocycles. The predicted octanol–water partition coefficient (Wildman–Crippen LogP) is 2.42. The Morgan fingerprint density at radius 1 is 1.39 bits per heavy atom. The number of aryl methyl sites for hydroxylation is 1. The molecule has 1 amide bonds. The van der Waals surface area contributed by atoms with Crippen molar-refractivity contribution >= 4 is 27.3 Å². The first-order valence-electron chi connectivity index (χ1n) is 7.70. The van der Waals surface area contributed by atoms with E-state index in [0.717, 1.165) is 29.9 Å². The van der Waals surface area contributed by atoms with Gasteiger partial charge in [-0.15, -0.1) is 11.3 Å². The van der Waals surface area contributed by atoms with Crippen LogP contribution < -0.4 is 5.32 Å². The van der Waals surface area contributed by atoms with Crippen molar-refractivity contribution < 1.29 is 4.79 Å². The number of hydrogen-bond donors (Lipinski definition) is 1. The summed E-state index contributed by atoms with van der Waals surface area (Å²) < 4.78 is 3.20. The molecule has 118 valence electrons. The van der Waals surface area contributed by atoms with Crippen molar-refractivity contribution in [3.63, 3.8) is 0 Å². The molecular weight excluding hydrogens is 308 g/mol. The van der Waals surface area contributed by atoms with Gasteiger partial charge in [0.2, 0.25) is 0 Å². The Hall–Kier alpha value is -2.18. The van der Waals surface area contributed by atoms with Crippen LogP contribution in [0.15, 0.2) is 42.0 Å². The molecule has 1 atom stereocenters. The molecule has 0 radical (unpaired) electrons. The van der Waals surface area contributed by atoms with Crippen LogP contribution in [0.5, 0.6) is 0 Å². The van der Waals surface area contributed by atoms with Gasteiger partial charge in [-0.3, -0.25) is 4.79 Å². The molecule has 3 heterocycles. The summed E-state index contributed by atoms with van der Waals surface area (Å²) in [6.07, 6.45) is 3.70. The van der Waals surface area contributed by atoms with Gasteiger partial charge in [-0.2, -0.15) is 0 Å². The van der Waals surface area contributed by atoms with Gasteiger partial charge < -0.3 is 14.8 Å². The zero-order valence-corrected chi connectivity index (χ0v) is 13.7. The molecule has 23 heavy (non-hydrogen) atoms. The molecule has 3 aromatic rings. The number of carbonyl (C=O) groups excluding carboxylic acids is 1. The second kappa shape index (κ2) is 5.79. The van der Waals surface area contributed by atoms with E-state index >= 15 is 0 Å². The quantitative estimate of drug-likeness (QED) is 0.787. The number of amides is 1. The van der Waals surface area contributed by atoms with Gasteiger partial charge in [0, 0.05) is 49.3 Å². The van der Waals surface area contributed by atoms with Crippen molar-refractivity contribution in [2.75, 3.05) is 19.6 Å². The van der Waals surface area contributed by atoms with Crippen LogP contribution in [0.25, 0.3) is 10.1 Å². The number of rotatable bonds is 2. The van der Waals surface area contributed by atoms with Crippen molar-refractivity contribution in [2.45, 2.75) is 6.04 Å². The Labute approximate surface area is 138 Å². The summed E-state index contributed by atoms with van der Waals surface area (Å²) in [4.78, 5) is 19.4. The van der Waals surface area contributed by atoms with Gasteiger partial charge in [0.25, 0.3) is 5.91 Å². The molecule has 0 spiro atoms. The summed E-state index contributed by atoms with van der Waals surface area (Å²) in [6.45, 7) is 2.24. The van der Waals surface area contributed by atoms with Gasteiger partial charge >= 0.3 is 0 Å². The predicted molar refractivity (Wildman–Crippen MR) is 91.7 cm³/mol. The smallest absolute Gasteiger partial charge is 0.254 e. The molecule has 2 aromatic heterocycles. The number of fused-ring (bicyclic) bond motifs is 1. The van der Waals surface area contributed by atoms with Crippen molar-refractivity contribution in [2.24, 2.45) is 7.05 Å². The molecule has 0 saturated carbocycles. The van der Waals surface area contributed by atoms with Crippen LogP contribution in [-0.4, -0.2) is 40.0 Å². The third-order valence-corrected chi connectivity index (χ3v) is 5.26. The first-order chi connectivity index (χ1) is 11.2. The lowest BCUT2D eigenvalue weighted by Crippen LogP contribution is -2.49. The minimum Gasteiger partial charge on any atom is -0.336 e. The van der Waals surface area contributed by atoms with Gasteiger partial charge in [-0.05, 0) is 35.0 Å². The second-order valence-corrected chi connectivity index (χ2v) is 6.74. The molecular formula is C17H18N4OS. The molecule has 0 bridgehead atoms. The highest BCUT2D eigenvalue weighted by molar-refractivity contribution is 7.17. The van der Waals surface area contributed by atoms with Crippen molar-refractivity contribution in [1.29, 1.82) is 0 Å². The van der Waals surface area contributed by atoms with E-state index in [1.54, 1.807) is 17.5 Å². The summed E-state index contributed by atoms with van der Waals surface area (Å²) in [7, 11) is 1.97. The third-order valence-electron chi connectivity index (χ3n) is 4.36. The Morgan fingerprint density at radius 2 is 2.30 bits per heavy atom. The number of piperazine rings is 1. The van der Waals surface area contributed by atoms with E-state index in [0.29, 0.717) is 6.54 Å². The van der Waals surface area contributed by atoms with Gasteiger partial charge in [0.05, 0.1) is 0 Å². The summed E-state index contributed by atoms with van der Waals surface area (Å²) in [5.41, 5.74) is 0.747. The van der Waals surface area contributed by atoms with E-state index in [-0.39, 0.29) is 11.9 Å². The van der Waals surface area contributed by atoms with Crippen LogP contribution >= 0.6 is 11.3 Å². The molecule has 0 aliphatic carbocycles. The summed E-state index contributed by atoms with van der Waals surface area (Å²) in [6, 6.07) is 7.98. The average molecular weight is 326 g/mol. The molecule has 1 aliphatic rings. The highest BCUT2D eigenvalue weighted by Gasteiger charge is 2.31. The van der Waals surface area contributed by atoms with Crippen LogP contribution in [0.3, 0.4) is 0 Å². The van der Waals surface area contributed by atoms with E-state index in [9.17, 15) is 4.79 Å². The lowest BCUT2D eigenvalue weighted by molar-refractivity contribution is 0.0621. The first kappa shape index (κ1) is 14.4. The summed E-state index contributed by atoms with van der Waals surface area (Å²) >= 11 is 1.70. The maximum absolute atomic E-state index is 13.0. The minimum atomic E-state index is -0.0329. The maximum Gasteiger partial charge on any atom is 0.254 e. The van der Waals surface area contributed by atoms with Gasteiger partial charge in [0.1, 0.15) is 11.9 Å². The van der Waals surface area contributed by atoms with Crippen molar-refractivity contribution in [3.05, 3.63) is 53.4 Å². The fraction of sp³-hybridized carbons (Fsp3) is 0.294. The van der Waals surface area contributed by atoms with Gasteiger partial charge in [-0.1, -0.05) is 0 Å². The van der Waals surface area contributed by atoms with Crippen molar-refractivity contribution in [1.82, 2.24) is 19.8 Å². The number of thiophene rings is 1. The fourth-order valence-electron chi connectivity index (χ4n) is 3.14. The number of imidazole rings is 1. The number of benzene rings is 1. The Kier molecular flexibility index (Phi) is 3.63. The Bertz CT molecular complexity index is 853. The normalized spacial score (nSPS) is 18.5. The number of hydrogen-bond acceptors (Lipinski definition) is 4. The van der Waals surface area contributed by atoms with Crippen LogP contribution in [-0.2, 0) is 7.05 Å². The van der Waals surface area contributed by atoms with Crippen LogP contribution in [0.1, 0.15) is 22.2 Å². The lowest BCUT2D eigenvalue weighted by Gasteiger charge is -2.35. The van der Waals surface area contributed by atoms with E-state index in [4.69, 9.17) is 0 Å². The molecule has 1 N–H and O–H groups in total. The fourth-order valence-corrected chi connectivity index (χ4v) is 3.91. The Morgan fingerprint density at radius 3 is 3.13 bits per heavy atom. The van der Waals surface area contributed by atoms with Gasteiger partial charge in [0.15, 0.2) is 0 Å². The van der Waals surface area contributed by atoms with Crippen molar-refractivity contribution in [3.8, 4) is 0 Å². The van der Waals surface area contributed by atoms with E-state index in [2.05, 4.69) is 21.7 Å². The number of nitrogens with zero attached hydrogens (tertiary/aromatic N) is 3. The highest BCUT2D eigenvalue weighted by atomic mass is 32.1. The highest BCUT2D eigenvalue weighted by Crippen LogP contribution is 2.26. The Balaban J connectivity index is 1.68. The van der Waals surface area contributed by atoms with Crippen LogP contribution in [0.4, 0.5) is 0 Å². The number of carbonyl (C=O) groups is 1. The third kappa shape index (κ3) is 2.54. The first-order valence-corrected chi connectivity index (χ1v) is 8.58. The second-order valence-electron chi connectivity index (χ2n) is 5.79.